The predicted molar refractivity (Wildman–Crippen MR) is 93.6 cm³/mol. The summed E-state index contributed by atoms with van der Waals surface area (Å²) in [7, 11) is 1.81. The van der Waals surface area contributed by atoms with Gasteiger partial charge in [0.15, 0.2) is 0 Å². The van der Waals surface area contributed by atoms with Crippen LogP contribution in [0.25, 0.3) is 0 Å². The van der Waals surface area contributed by atoms with E-state index in [9.17, 15) is 13.2 Å². The third-order valence-corrected chi connectivity index (χ3v) is 4.85. The van der Waals surface area contributed by atoms with E-state index >= 15 is 0 Å². The highest BCUT2D eigenvalue weighted by molar-refractivity contribution is 5.73. The number of carboxylic acids is 1. The molecule has 0 spiro atoms. The summed E-state index contributed by atoms with van der Waals surface area (Å²) in [6.07, 6.45) is -2.34. The molecule has 0 aliphatic carbocycles. The minimum Gasteiger partial charge on any atom is -0.475 e. The number of ether oxygens (including phenoxy) is 2. The van der Waals surface area contributed by atoms with E-state index in [-0.39, 0.29) is 12.2 Å². The van der Waals surface area contributed by atoms with Crippen molar-refractivity contribution in [2.45, 2.75) is 57.7 Å². The van der Waals surface area contributed by atoms with Crippen LogP contribution in [0.4, 0.5) is 13.2 Å². The van der Waals surface area contributed by atoms with Crippen molar-refractivity contribution in [3.05, 3.63) is 34.9 Å². The highest BCUT2D eigenvalue weighted by atomic mass is 19.4. The van der Waals surface area contributed by atoms with E-state index in [4.69, 9.17) is 19.4 Å². The first-order valence-electron chi connectivity index (χ1n) is 8.87. The number of alkyl halides is 3. The first-order valence-corrected chi connectivity index (χ1v) is 8.87. The summed E-state index contributed by atoms with van der Waals surface area (Å²) in [5.41, 5.74) is 4.13. The summed E-state index contributed by atoms with van der Waals surface area (Å²) >= 11 is 0. The van der Waals surface area contributed by atoms with Gasteiger partial charge in [-0.05, 0) is 32.3 Å². The molecule has 3 atom stereocenters. The van der Waals surface area contributed by atoms with Crippen molar-refractivity contribution < 1.29 is 32.5 Å². The molecule has 5 nitrogen and oxygen atoms in total. The van der Waals surface area contributed by atoms with Crippen molar-refractivity contribution >= 4 is 5.97 Å². The van der Waals surface area contributed by atoms with Gasteiger partial charge in [-0.25, -0.2) is 4.79 Å². The van der Waals surface area contributed by atoms with Crippen molar-refractivity contribution in [1.82, 2.24) is 4.90 Å². The number of likely N-dealkylation sites (tertiary alicyclic amines) is 1. The second-order valence-corrected chi connectivity index (χ2v) is 7.02. The molecule has 2 aliphatic heterocycles. The molecule has 0 saturated carbocycles. The van der Waals surface area contributed by atoms with Crippen LogP contribution in [-0.4, -0.2) is 60.7 Å². The maximum absolute atomic E-state index is 10.6. The lowest BCUT2D eigenvalue weighted by molar-refractivity contribution is -0.192. The van der Waals surface area contributed by atoms with Crippen LogP contribution < -0.4 is 0 Å². The number of methoxy groups -OCH3 is 1. The minimum absolute atomic E-state index is 0.264. The second kappa shape index (κ2) is 9.03. The quantitative estimate of drug-likeness (QED) is 0.860. The minimum atomic E-state index is -5.08. The summed E-state index contributed by atoms with van der Waals surface area (Å²) in [6.45, 7) is 7.36. The van der Waals surface area contributed by atoms with Gasteiger partial charge in [0.25, 0.3) is 0 Å². The van der Waals surface area contributed by atoms with Gasteiger partial charge in [-0.1, -0.05) is 29.3 Å². The summed E-state index contributed by atoms with van der Waals surface area (Å²) in [6, 6.07) is 7.37. The second-order valence-electron chi connectivity index (χ2n) is 7.02. The number of carbonyl (C=O) groups is 1. The lowest BCUT2D eigenvalue weighted by atomic mass is 9.94. The van der Waals surface area contributed by atoms with Gasteiger partial charge in [0.05, 0.1) is 12.2 Å². The van der Waals surface area contributed by atoms with E-state index in [1.807, 2.05) is 7.11 Å². The molecule has 0 bridgehead atoms. The molecule has 0 unspecified atom stereocenters. The van der Waals surface area contributed by atoms with Crippen molar-refractivity contribution in [3.8, 4) is 0 Å². The molecule has 2 heterocycles. The molecule has 2 fully saturated rings. The van der Waals surface area contributed by atoms with Gasteiger partial charge in [0.1, 0.15) is 0 Å². The van der Waals surface area contributed by atoms with Gasteiger partial charge < -0.3 is 14.6 Å². The fourth-order valence-electron chi connectivity index (χ4n) is 3.81. The molecule has 2 saturated heterocycles. The van der Waals surface area contributed by atoms with Gasteiger partial charge in [-0.15, -0.1) is 0 Å². The van der Waals surface area contributed by atoms with Gasteiger partial charge in [0, 0.05) is 32.8 Å². The van der Waals surface area contributed by atoms with Crippen LogP contribution in [0.1, 0.15) is 29.5 Å². The molecule has 3 rings (SSSR count). The van der Waals surface area contributed by atoms with E-state index < -0.39 is 12.1 Å². The normalized spacial score (nSPS) is 25.5. The van der Waals surface area contributed by atoms with Gasteiger partial charge in [-0.2, -0.15) is 13.2 Å². The Bertz CT molecular complexity index is 630. The van der Waals surface area contributed by atoms with E-state index in [1.54, 1.807) is 0 Å². The summed E-state index contributed by atoms with van der Waals surface area (Å²) < 4.78 is 43.2. The molecule has 152 valence electrons. The van der Waals surface area contributed by atoms with Gasteiger partial charge in [-0.3, -0.25) is 4.90 Å². The zero-order chi connectivity index (χ0) is 20.2. The van der Waals surface area contributed by atoms with Gasteiger partial charge >= 0.3 is 12.1 Å². The number of hydrogen-bond acceptors (Lipinski definition) is 4. The molecule has 27 heavy (non-hydrogen) atoms. The number of hydrogen-bond donors (Lipinski definition) is 1. The lowest BCUT2D eigenvalue weighted by Gasteiger charge is -2.40. The molecule has 0 radical (unpaired) electrons. The number of rotatable bonds is 3. The first kappa shape index (κ1) is 21.7. The smallest absolute Gasteiger partial charge is 0.475 e. The summed E-state index contributed by atoms with van der Waals surface area (Å²) in [4.78, 5) is 11.5. The number of benzene rings is 1. The largest absolute Gasteiger partial charge is 0.490 e. The van der Waals surface area contributed by atoms with Crippen LogP contribution in [0.15, 0.2) is 18.2 Å². The average molecular weight is 389 g/mol. The zero-order valence-corrected chi connectivity index (χ0v) is 15.8. The molecule has 2 aliphatic rings. The topological polar surface area (TPSA) is 59.0 Å². The monoisotopic (exact) mass is 389 g/mol. The molecule has 0 aromatic heterocycles. The lowest BCUT2D eigenvalue weighted by Crippen LogP contribution is -2.52. The Morgan fingerprint density at radius 1 is 1.26 bits per heavy atom. The predicted octanol–water partition coefficient (Wildman–Crippen LogP) is 3.31. The Morgan fingerprint density at radius 3 is 2.37 bits per heavy atom. The Morgan fingerprint density at radius 2 is 1.85 bits per heavy atom. The number of piperidine rings is 1. The fraction of sp³-hybridized carbons (Fsp3) is 0.632. The number of halogens is 3. The maximum Gasteiger partial charge on any atom is 0.490 e. The maximum atomic E-state index is 10.6. The zero-order valence-electron chi connectivity index (χ0n) is 15.8. The SMILES string of the molecule is CO[C@@H]1CCN(Cc2cc(C)cc(C)c2)[C@H]2CCO[C@H]12.O=C(O)C(F)(F)F. The molecule has 1 aromatic carbocycles. The Labute approximate surface area is 157 Å². The molecule has 8 heteroatoms. The Hall–Kier alpha value is -1.64. The molecular weight excluding hydrogens is 363 g/mol. The third-order valence-electron chi connectivity index (χ3n) is 4.85. The highest BCUT2D eigenvalue weighted by Gasteiger charge is 2.42. The van der Waals surface area contributed by atoms with Crippen molar-refractivity contribution in [1.29, 1.82) is 0 Å². The summed E-state index contributed by atoms with van der Waals surface area (Å²) in [5, 5.41) is 7.12. The highest BCUT2D eigenvalue weighted by Crippen LogP contribution is 2.31. The molecule has 0 amide bonds. The molecule has 1 N–H and O–H groups in total. The first-order chi connectivity index (χ1) is 12.6. The fourth-order valence-corrected chi connectivity index (χ4v) is 3.81. The van der Waals surface area contributed by atoms with Crippen LogP contribution in [0.5, 0.6) is 0 Å². The average Bonchev–Trinajstić information content (AvgIpc) is 3.04. The number of aliphatic carboxylic acids is 1. The Kier molecular flexibility index (Phi) is 7.25. The number of carboxylic acid groups (broad SMARTS) is 1. The van der Waals surface area contributed by atoms with E-state index in [0.29, 0.717) is 6.04 Å². The Balaban J connectivity index is 0.000000321. The van der Waals surface area contributed by atoms with E-state index in [1.165, 1.54) is 16.7 Å². The number of aryl methyl sites for hydroxylation is 2. The molecule has 1 aromatic rings. The van der Waals surface area contributed by atoms with Crippen LogP contribution in [0.2, 0.25) is 0 Å². The van der Waals surface area contributed by atoms with Crippen molar-refractivity contribution in [2.24, 2.45) is 0 Å². The van der Waals surface area contributed by atoms with Gasteiger partial charge in [0.2, 0.25) is 0 Å². The number of fused-ring (bicyclic) bond motifs is 1. The van der Waals surface area contributed by atoms with Crippen LogP contribution in [0, 0.1) is 13.8 Å². The number of nitrogens with zero attached hydrogens (tertiary/aromatic N) is 1. The van der Waals surface area contributed by atoms with Crippen LogP contribution in [0.3, 0.4) is 0 Å². The van der Waals surface area contributed by atoms with Crippen LogP contribution in [-0.2, 0) is 20.8 Å². The molecular formula is C19H26F3NO4. The standard InChI is InChI=1S/C17H25NO2.C2HF3O2/c1-12-8-13(2)10-14(9-12)11-18-6-4-16(19-3)17-15(18)5-7-20-17;3-2(4,5)1(6)7/h8-10,15-17H,4-7,11H2,1-3H3;(H,6,7)/t15-,16+,17-;/m0./s1. The van der Waals surface area contributed by atoms with E-state index in [0.717, 1.165) is 32.5 Å². The summed E-state index contributed by atoms with van der Waals surface area (Å²) in [5.74, 6) is -2.76. The van der Waals surface area contributed by atoms with E-state index in [2.05, 4.69) is 36.9 Å². The third kappa shape index (κ3) is 5.92. The van der Waals surface area contributed by atoms with Crippen molar-refractivity contribution in [3.63, 3.8) is 0 Å². The van der Waals surface area contributed by atoms with Crippen LogP contribution >= 0.6 is 0 Å². The van der Waals surface area contributed by atoms with Crippen molar-refractivity contribution in [2.75, 3.05) is 20.3 Å².